The van der Waals surface area contributed by atoms with E-state index in [0.29, 0.717) is 11.7 Å². The van der Waals surface area contributed by atoms with Gasteiger partial charge in [-0.2, -0.15) is 4.98 Å². The first-order chi connectivity index (χ1) is 14.2. The van der Waals surface area contributed by atoms with Gasteiger partial charge >= 0.3 is 6.09 Å². The molecule has 1 amide bonds. The first-order valence-corrected chi connectivity index (χ1v) is 9.84. The normalized spacial score (nSPS) is 13.7. The maximum atomic E-state index is 12.5. The highest BCUT2D eigenvalue weighted by molar-refractivity contribution is 5.69. The van der Waals surface area contributed by atoms with Gasteiger partial charge in [-0.1, -0.05) is 65.8 Å². The molecular weight excluding hydrogens is 380 g/mol. The van der Waals surface area contributed by atoms with Gasteiger partial charge in [0.15, 0.2) is 5.82 Å². The van der Waals surface area contributed by atoms with Crippen LogP contribution >= 0.6 is 0 Å². The summed E-state index contributed by atoms with van der Waals surface area (Å²) in [4.78, 5) is 19.1. The highest BCUT2D eigenvalue weighted by atomic mass is 16.6. The number of amides is 1. The van der Waals surface area contributed by atoms with Gasteiger partial charge in [0, 0.05) is 0 Å². The van der Waals surface area contributed by atoms with Crippen LogP contribution in [0.4, 0.5) is 4.79 Å². The molecule has 0 bridgehead atoms. The van der Waals surface area contributed by atoms with Crippen molar-refractivity contribution in [3.05, 3.63) is 83.5 Å². The lowest BCUT2D eigenvalue weighted by atomic mass is 10.1. The lowest BCUT2D eigenvalue weighted by molar-refractivity contribution is 0.0510. The van der Waals surface area contributed by atoms with Crippen molar-refractivity contribution in [2.75, 3.05) is 14.1 Å². The Kier molecular flexibility index (Phi) is 6.52. The molecule has 1 aromatic heterocycles. The summed E-state index contributed by atoms with van der Waals surface area (Å²) in [6.45, 7) is 5.45. The van der Waals surface area contributed by atoms with Gasteiger partial charge < -0.3 is 14.6 Å². The molecule has 0 saturated heterocycles. The van der Waals surface area contributed by atoms with Crippen LogP contribution in [0.25, 0.3) is 0 Å². The molecule has 3 rings (SSSR count). The smallest absolute Gasteiger partial charge is 0.408 e. The standard InChI is InChI=1S/C23H28N4O3/c1-23(2,3)29-22(28)24-18(16-12-8-6-9-13-16)20-25-21(30-26-20)19(27(4)5)17-14-10-7-11-15-17/h6-15,18-19H,1-5H3,(H,24,28). The number of nitrogens with zero attached hydrogens (tertiary/aromatic N) is 3. The molecule has 0 radical (unpaired) electrons. The number of alkyl carbamates (subject to hydrolysis) is 1. The summed E-state index contributed by atoms with van der Waals surface area (Å²) in [7, 11) is 3.91. The average molecular weight is 409 g/mol. The van der Waals surface area contributed by atoms with Crippen molar-refractivity contribution >= 4 is 6.09 Å². The lowest BCUT2D eigenvalue weighted by Gasteiger charge is -2.22. The van der Waals surface area contributed by atoms with E-state index in [1.54, 1.807) is 0 Å². The lowest BCUT2D eigenvalue weighted by Crippen LogP contribution is -2.35. The first kappa shape index (κ1) is 21.5. The predicted octanol–water partition coefficient (Wildman–Crippen LogP) is 4.33. The van der Waals surface area contributed by atoms with E-state index >= 15 is 0 Å². The molecule has 0 fully saturated rings. The Morgan fingerprint density at radius 1 is 1.00 bits per heavy atom. The van der Waals surface area contributed by atoms with E-state index in [-0.39, 0.29) is 6.04 Å². The zero-order valence-electron chi connectivity index (χ0n) is 18.0. The summed E-state index contributed by atoms with van der Waals surface area (Å²) in [5.74, 6) is 0.818. The van der Waals surface area contributed by atoms with Gasteiger partial charge in [-0.25, -0.2) is 4.79 Å². The van der Waals surface area contributed by atoms with Crippen LogP contribution in [0.1, 0.15) is 55.7 Å². The van der Waals surface area contributed by atoms with E-state index < -0.39 is 17.7 Å². The zero-order chi connectivity index (χ0) is 21.7. The molecule has 0 aliphatic rings. The third-order valence-corrected chi connectivity index (χ3v) is 4.38. The molecule has 0 aliphatic heterocycles. The van der Waals surface area contributed by atoms with Gasteiger partial charge in [-0.15, -0.1) is 0 Å². The molecule has 7 heteroatoms. The highest BCUT2D eigenvalue weighted by Gasteiger charge is 2.29. The fraction of sp³-hybridized carbons (Fsp3) is 0.348. The largest absolute Gasteiger partial charge is 0.444 e. The number of rotatable bonds is 6. The minimum Gasteiger partial charge on any atom is -0.444 e. The Morgan fingerprint density at radius 2 is 1.57 bits per heavy atom. The third kappa shape index (κ3) is 5.45. The zero-order valence-corrected chi connectivity index (χ0v) is 18.0. The number of aromatic nitrogens is 2. The van der Waals surface area contributed by atoms with Crippen LogP contribution in [0, 0.1) is 0 Å². The maximum Gasteiger partial charge on any atom is 0.408 e. The van der Waals surface area contributed by atoms with Gasteiger partial charge in [-0.3, -0.25) is 4.90 Å². The summed E-state index contributed by atoms with van der Waals surface area (Å²) < 4.78 is 11.1. The summed E-state index contributed by atoms with van der Waals surface area (Å²) in [5, 5.41) is 7.06. The van der Waals surface area contributed by atoms with E-state index in [4.69, 9.17) is 9.26 Å². The van der Waals surface area contributed by atoms with Crippen molar-refractivity contribution in [3.63, 3.8) is 0 Å². The van der Waals surface area contributed by atoms with Crippen LogP contribution in [0.5, 0.6) is 0 Å². The number of hydrogen-bond donors (Lipinski definition) is 1. The molecule has 1 N–H and O–H groups in total. The summed E-state index contributed by atoms with van der Waals surface area (Å²) in [5.41, 5.74) is 1.25. The van der Waals surface area contributed by atoms with E-state index in [0.717, 1.165) is 11.1 Å². The number of hydrogen-bond acceptors (Lipinski definition) is 6. The molecule has 0 saturated carbocycles. The van der Waals surface area contributed by atoms with Crippen LogP contribution in [0.2, 0.25) is 0 Å². The number of carbonyl (C=O) groups excluding carboxylic acids is 1. The monoisotopic (exact) mass is 408 g/mol. The second kappa shape index (κ2) is 9.09. The van der Waals surface area contributed by atoms with Crippen molar-refractivity contribution in [1.82, 2.24) is 20.4 Å². The SMILES string of the molecule is CN(C)C(c1ccccc1)c1nc(C(NC(=O)OC(C)(C)C)c2ccccc2)no1. The Hall–Kier alpha value is -3.19. The van der Waals surface area contributed by atoms with Crippen LogP contribution in [0.15, 0.2) is 65.2 Å². The van der Waals surface area contributed by atoms with Crippen molar-refractivity contribution in [3.8, 4) is 0 Å². The van der Waals surface area contributed by atoms with Crippen molar-refractivity contribution in [2.45, 2.75) is 38.5 Å². The van der Waals surface area contributed by atoms with Gasteiger partial charge in [0.1, 0.15) is 17.7 Å². The van der Waals surface area contributed by atoms with Gasteiger partial charge in [0.05, 0.1) is 0 Å². The Bertz CT molecular complexity index is 949. The van der Waals surface area contributed by atoms with Crippen molar-refractivity contribution in [2.24, 2.45) is 0 Å². The fourth-order valence-electron chi connectivity index (χ4n) is 3.14. The average Bonchev–Trinajstić information content (AvgIpc) is 3.15. The summed E-state index contributed by atoms with van der Waals surface area (Å²) >= 11 is 0. The molecule has 0 aliphatic carbocycles. The summed E-state index contributed by atoms with van der Waals surface area (Å²) in [6.07, 6.45) is -0.546. The second-order valence-corrected chi connectivity index (χ2v) is 8.26. The predicted molar refractivity (Wildman–Crippen MR) is 114 cm³/mol. The minimum atomic E-state index is -0.614. The Balaban J connectivity index is 1.93. The highest BCUT2D eigenvalue weighted by Crippen LogP contribution is 2.28. The molecule has 0 spiro atoms. The van der Waals surface area contributed by atoms with Crippen LogP contribution in [0.3, 0.4) is 0 Å². The maximum absolute atomic E-state index is 12.5. The van der Waals surface area contributed by atoms with Crippen LogP contribution in [-0.2, 0) is 4.74 Å². The molecular formula is C23H28N4O3. The van der Waals surface area contributed by atoms with E-state index in [2.05, 4.69) is 15.5 Å². The minimum absolute atomic E-state index is 0.203. The van der Waals surface area contributed by atoms with Crippen molar-refractivity contribution < 1.29 is 14.1 Å². The van der Waals surface area contributed by atoms with E-state index in [1.165, 1.54) is 0 Å². The summed E-state index contributed by atoms with van der Waals surface area (Å²) in [6, 6.07) is 18.6. The van der Waals surface area contributed by atoms with Crippen LogP contribution < -0.4 is 5.32 Å². The Morgan fingerprint density at radius 3 is 2.10 bits per heavy atom. The molecule has 158 valence electrons. The molecule has 2 aromatic carbocycles. The molecule has 2 unspecified atom stereocenters. The molecule has 30 heavy (non-hydrogen) atoms. The van der Waals surface area contributed by atoms with Crippen LogP contribution in [-0.4, -0.2) is 40.8 Å². The van der Waals surface area contributed by atoms with E-state index in [1.807, 2.05) is 100 Å². The molecule has 1 heterocycles. The van der Waals surface area contributed by atoms with Gasteiger partial charge in [0.25, 0.3) is 0 Å². The van der Waals surface area contributed by atoms with Gasteiger partial charge in [0.2, 0.25) is 5.89 Å². The van der Waals surface area contributed by atoms with E-state index in [9.17, 15) is 4.79 Å². The quantitative estimate of drug-likeness (QED) is 0.654. The number of nitrogens with one attached hydrogen (secondary N) is 1. The molecule has 3 aromatic rings. The number of ether oxygens (including phenoxy) is 1. The fourth-order valence-corrected chi connectivity index (χ4v) is 3.14. The first-order valence-electron chi connectivity index (χ1n) is 9.84. The number of carbonyl (C=O) groups is 1. The topological polar surface area (TPSA) is 80.5 Å². The Labute approximate surface area is 177 Å². The third-order valence-electron chi connectivity index (χ3n) is 4.38. The molecule has 2 atom stereocenters. The van der Waals surface area contributed by atoms with Crippen molar-refractivity contribution in [1.29, 1.82) is 0 Å². The molecule has 7 nitrogen and oxygen atoms in total. The second-order valence-electron chi connectivity index (χ2n) is 8.26. The van der Waals surface area contributed by atoms with Gasteiger partial charge in [-0.05, 0) is 46.0 Å². The number of benzene rings is 2.